The molecule has 0 bridgehead atoms. The number of anilines is 1. The fourth-order valence-electron chi connectivity index (χ4n) is 3.65. The Balaban J connectivity index is 1.51. The number of hydrogen-bond acceptors (Lipinski definition) is 4. The molecule has 7 nitrogen and oxygen atoms in total. The van der Waals surface area contributed by atoms with Crippen LogP contribution in [0.3, 0.4) is 0 Å². The Hall–Kier alpha value is -3.32. The van der Waals surface area contributed by atoms with Gasteiger partial charge < -0.3 is 4.90 Å². The predicted molar refractivity (Wildman–Crippen MR) is 109 cm³/mol. The van der Waals surface area contributed by atoms with E-state index in [1.54, 1.807) is 15.9 Å². The van der Waals surface area contributed by atoms with Gasteiger partial charge in [0.15, 0.2) is 6.67 Å². The molecule has 0 spiro atoms. The summed E-state index contributed by atoms with van der Waals surface area (Å²) in [4.78, 5) is 31.7. The number of nitrogens with one attached hydrogen (secondary N) is 1. The number of aromatic nitrogens is 3. The lowest BCUT2D eigenvalue weighted by Crippen LogP contribution is -3.10. The second kappa shape index (κ2) is 7.60. The average Bonchev–Trinajstić information content (AvgIpc) is 3.37. The molecule has 1 aliphatic heterocycles. The highest BCUT2D eigenvalue weighted by Crippen LogP contribution is 2.29. The smallest absolute Gasteiger partial charge is 0.303 e. The minimum Gasteiger partial charge on any atom is -0.314 e. The summed E-state index contributed by atoms with van der Waals surface area (Å²) in [6.07, 6.45) is 4.00. The van der Waals surface area contributed by atoms with Crippen LogP contribution in [0.4, 0.5) is 5.69 Å². The van der Waals surface area contributed by atoms with Gasteiger partial charge in [-0.1, -0.05) is 25.1 Å². The van der Waals surface area contributed by atoms with Crippen molar-refractivity contribution in [1.82, 2.24) is 14.8 Å². The molecule has 1 amide bonds. The van der Waals surface area contributed by atoms with Crippen LogP contribution in [0, 0.1) is 0 Å². The maximum Gasteiger partial charge on any atom is 0.303 e. The van der Waals surface area contributed by atoms with E-state index < -0.39 is 11.7 Å². The van der Waals surface area contributed by atoms with Crippen LogP contribution in [0.2, 0.25) is 0 Å². The van der Waals surface area contributed by atoms with Crippen LogP contribution in [0.1, 0.15) is 41.4 Å². The Morgan fingerprint density at radius 1 is 1.10 bits per heavy atom. The molecule has 0 saturated carbocycles. The first-order valence-electron chi connectivity index (χ1n) is 9.76. The van der Waals surface area contributed by atoms with Crippen LogP contribution in [-0.2, 0) is 11.2 Å². The number of rotatable bonds is 6. The molecule has 148 valence electrons. The second-order valence-electron chi connectivity index (χ2n) is 7.43. The lowest BCUT2D eigenvalue weighted by Gasteiger charge is -2.27. The van der Waals surface area contributed by atoms with Crippen LogP contribution in [0.25, 0.3) is 5.69 Å². The van der Waals surface area contributed by atoms with Crippen LogP contribution < -0.4 is 9.80 Å². The van der Waals surface area contributed by atoms with Gasteiger partial charge in [0.05, 0.1) is 24.0 Å². The van der Waals surface area contributed by atoms with Gasteiger partial charge in [-0.2, -0.15) is 5.10 Å². The molecule has 7 heteroatoms. The van der Waals surface area contributed by atoms with E-state index in [1.807, 2.05) is 44.3 Å². The number of benzene rings is 2. The molecule has 1 N–H and O–H groups in total. The van der Waals surface area contributed by atoms with E-state index in [-0.39, 0.29) is 6.04 Å². The number of Topliss-reactive ketones (excluding diaryl/α,β-unsaturated/α-hetero) is 1. The molecule has 0 aliphatic carbocycles. The van der Waals surface area contributed by atoms with Crippen molar-refractivity contribution < 1.29 is 14.5 Å². The van der Waals surface area contributed by atoms with Gasteiger partial charge in [-0.05, 0) is 43.2 Å². The minimum atomic E-state index is -0.443. The van der Waals surface area contributed by atoms with E-state index in [1.165, 1.54) is 6.33 Å². The van der Waals surface area contributed by atoms with E-state index in [9.17, 15) is 9.59 Å². The van der Waals surface area contributed by atoms with Crippen LogP contribution in [0.15, 0.2) is 55.1 Å². The maximum atomic E-state index is 12.6. The third-order valence-electron chi connectivity index (χ3n) is 5.67. The molecule has 3 aromatic rings. The fraction of sp³-hybridized carbons (Fsp3) is 0.273. The Morgan fingerprint density at radius 2 is 1.86 bits per heavy atom. The zero-order chi connectivity index (χ0) is 20.5. The first-order valence-corrected chi connectivity index (χ1v) is 9.76. The number of aryl methyl sites for hydroxylation is 1. The van der Waals surface area contributed by atoms with Crippen molar-refractivity contribution in [2.24, 2.45) is 0 Å². The summed E-state index contributed by atoms with van der Waals surface area (Å²) in [5.74, 6) is -0.853. The monoisotopic (exact) mass is 390 g/mol. The molecule has 2 aromatic carbocycles. The summed E-state index contributed by atoms with van der Waals surface area (Å²) in [6, 6.07) is 14.0. The SMILES string of the molecule is CCc1ccc2c(c1)C(=O)C(=O)N2C[NH+](C)[C@H](C)c1ccc(-n2cncn2)cc1. The molecule has 0 saturated heterocycles. The molecular weight excluding hydrogens is 366 g/mol. The van der Waals surface area contributed by atoms with Crippen molar-refractivity contribution in [3.8, 4) is 5.69 Å². The summed E-state index contributed by atoms with van der Waals surface area (Å²) in [5.41, 5.74) is 4.38. The van der Waals surface area contributed by atoms with Gasteiger partial charge in [0.25, 0.3) is 5.78 Å². The lowest BCUT2D eigenvalue weighted by molar-refractivity contribution is -0.909. The van der Waals surface area contributed by atoms with Crippen LogP contribution in [0.5, 0.6) is 0 Å². The molecule has 2 atom stereocenters. The number of carbonyl (C=O) groups excluding carboxylic acids is 2. The Kier molecular flexibility index (Phi) is 4.98. The predicted octanol–water partition coefficient (Wildman–Crippen LogP) is 1.59. The van der Waals surface area contributed by atoms with Crippen molar-refractivity contribution in [2.45, 2.75) is 26.3 Å². The van der Waals surface area contributed by atoms with Gasteiger partial charge in [-0.15, -0.1) is 0 Å². The van der Waals surface area contributed by atoms with Gasteiger partial charge >= 0.3 is 5.91 Å². The van der Waals surface area contributed by atoms with Gasteiger partial charge in [0.1, 0.15) is 18.7 Å². The quantitative estimate of drug-likeness (QED) is 0.649. The summed E-state index contributed by atoms with van der Waals surface area (Å²) in [7, 11) is 2.03. The van der Waals surface area contributed by atoms with Gasteiger partial charge in [0, 0.05) is 5.56 Å². The molecule has 1 aromatic heterocycles. The number of nitrogens with zero attached hydrogens (tertiary/aromatic N) is 4. The van der Waals surface area contributed by atoms with Crippen molar-refractivity contribution in [3.05, 3.63) is 71.8 Å². The lowest BCUT2D eigenvalue weighted by atomic mass is 10.1. The third kappa shape index (κ3) is 3.45. The maximum absolute atomic E-state index is 12.6. The topological polar surface area (TPSA) is 72.5 Å². The molecule has 1 aliphatic rings. The number of hydrogen-bond donors (Lipinski definition) is 1. The fourth-order valence-corrected chi connectivity index (χ4v) is 3.65. The standard InChI is InChI=1S/C22H23N5O2/c1-4-16-5-10-20-19(11-16)21(28)22(29)26(20)14-25(3)15(2)17-6-8-18(9-7-17)27-13-23-12-24-27/h5-13,15H,4,14H2,1-3H3/p+1/t15-/m1/s1. The number of fused-ring (bicyclic) bond motifs is 1. The zero-order valence-electron chi connectivity index (χ0n) is 16.8. The van der Waals surface area contributed by atoms with E-state index in [2.05, 4.69) is 29.1 Å². The van der Waals surface area contributed by atoms with Gasteiger partial charge in [-0.3, -0.25) is 14.5 Å². The third-order valence-corrected chi connectivity index (χ3v) is 5.67. The van der Waals surface area contributed by atoms with E-state index in [0.29, 0.717) is 17.9 Å². The van der Waals surface area contributed by atoms with Gasteiger partial charge in [-0.25, -0.2) is 9.67 Å². The number of carbonyl (C=O) groups is 2. The minimum absolute atomic E-state index is 0.140. The summed E-state index contributed by atoms with van der Waals surface area (Å²) < 4.78 is 1.71. The van der Waals surface area contributed by atoms with Crippen molar-refractivity contribution in [1.29, 1.82) is 0 Å². The van der Waals surface area contributed by atoms with Crippen LogP contribution in [-0.4, -0.2) is 40.2 Å². The molecule has 0 fully saturated rings. The Bertz CT molecular complexity index is 1040. The van der Waals surface area contributed by atoms with Crippen molar-refractivity contribution >= 4 is 17.4 Å². The highest BCUT2D eigenvalue weighted by atomic mass is 16.2. The molecule has 2 heterocycles. The summed E-state index contributed by atoms with van der Waals surface area (Å²) >= 11 is 0. The van der Waals surface area contributed by atoms with Gasteiger partial charge in [0.2, 0.25) is 0 Å². The summed E-state index contributed by atoms with van der Waals surface area (Å²) in [6.45, 7) is 4.58. The zero-order valence-corrected chi connectivity index (χ0v) is 16.8. The number of quaternary nitrogens is 1. The molecule has 0 radical (unpaired) electrons. The van der Waals surface area contributed by atoms with E-state index in [0.717, 1.165) is 28.1 Å². The number of ketones is 1. The average molecular weight is 390 g/mol. The molecule has 29 heavy (non-hydrogen) atoms. The van der Waals surface area contributed by atoms with Crippen molar-refractivity contribution in [3.63, 3.8) is 0 Å². The molecule has 1 unspecified atom stereocenters. The van der Waals surface area contributed by atoms with E-state index >= 15 is 0 Å². The second-order valence-corrected chi connectivity index (χ2v) is 7.43. The largest absolute Gasteiger partial charge is 0.314 e. The molecule has 4 rings (SSSR count). The normalized spacial score (nSPS) is 15.5. The van der Waals surface area contributed by atoms with Crippen LogP contribution >= 0.6 is 0 Å². The molecular formula is C22H24N5O2+. The highest BCUT2D eigenvalue weighted by Gasteiger charge is 2.38. The number of amides is 1. The highest BCUT2D eigenvalue weighted by molar-refractivity contribution is 6.52. The first-order chi connectivity index (χ1) is 14.0. The van der Waals surface area contributed by atoms with E-state index in [4.69, 9.17) is 0 Å². The Labute approximate surface area is 169 Å². The van der Waals surface area contributed by atoms with Crippen molar-refractivity contribution in [2.75, 3.05) is 18.6 Å². The Morgan fingerprint density at radius 3 is 2.52 bits per heavy atom. The first kappa shape index (κ1) is 19.0. The summed E-state index contributed by atoms with van der Waals surface area (Å²) in [5, 5.41) is 4.14.